The average Bonchev–Trinajstić information content (AvgIpc) is 2.49. The Balaban J connectivity index is 1.97. The number of amides is 1. The number of nitrogen functional groups attached to an aromatic ring is 1. The lowest BCUT2D eigenvalue weighted by atomic mass is 10.0. The lowest BCUT2D eigenvalue weighted by Crippen LogP contribution is -2.46. The molecule has 0 spiro atoms. The number of nitrogens with zero attached hydrogens (tertiary/aromatic N) is 3. The van der Waals surface area contributed by atoms with E-state index in [9.17, 15) is 4.79 Å². The average molecular weight is 276 g/mol. The van der Waals surface area contributed by atoms with E-state index in [0.29, 0.717) is 17.4 Å². The van der Waals surface area contributed by atoms with Crippen LogP contribution in [-0.2, 0) is 0 Å². The molecule has 2 heterocycles. The van der Waals surface area contributed by atoms with E-state index >= 15 is 0 Å². The molecule has 0 saturated carbocycles. The summed E-state index contributed by atoms with van der Waals surface area (Å²) in [5, 5.41) is 0. The minimum Gasteiger partial charge on any atom is -0.397 e. The highest BCUT2D eigenvalue weighted by Crippen LogP contribution is 2.19. The summed E-state index contributed by atoms with van der Waals surface area (Å²) in [5.74, 6) is -0.0407. The van der Waals surface area contributed by atoms with Crippen molar-refractivity contribution in [3.8, 4) is 0 Å². The summed E-state index contributed by atoms with van der Waals surface area (Å²) in [6, 6.07) is 4.07. The van der Waals surface area contributed by atoms with Gasteiger partial charge in [-0.05, 0) is 38.1 Å². The van der Waals surface area contributed by atoms with E-state index in [1.165, 1.54) is 0 Å². The number of piperidine rings is 1. The minimum atomic E-state index is -0.0407. The first-order valence-corrected chi connectivity index (χ1v) is 7.41. The molecule has 0 bridgehead atoms. The first-order valence-electron chi connectivity index (χ1n) is 7.41. The van der Waals surface area contributed by atoms with E-state index in [0.717, 1.165) is 39.0 Å². The van der Waals surface area contributed by atoms with Gasteiger partial charge >= 0.3 is 0 Å². The second-order valence-corrected chi connectivity index (χ2v) is 5.19. The fourth-order valence-corrected chi connectivity index (χ4v) is 2.92. The molecule has 1 amide bonds. The molecule has 0 atom stereocenters. The van der Waals surface area contributed by atoms with Crippen LogP contribution in [-0.4, -0.2) is 52.9 Å². The van der Waals surface area contributed by atoms with Crippen molar-refractivity contribution in [1.82, 2.24) is 14.8 Å². The lowest BCUT2D eigenvalue weighted by molar-refractivity contribution is 0.0627. The quantitative estimate of drug-likeness (QED) is 0.907. The number of likely N-dealkylation sites (tertiary alicyclic amines) is 1. The number of hydrogen-bond acceptors (Lipinski definition) is 4. The molecular weight excluding hydrogens is 252 g/mol. The molecule has 5 heteroatoms. The highest BCUT2D eigenvalue weighted by atomic mass is 16.2. The fraction of sp³-hybridized carbons (Fsp3) is 0.600. The Bertz CT molecular complexity index is 451. The zero-order valence-electron chi connectivity index (χ0n) is 12.4. The van der Waals surface area contributed by atoms with Crippen LogP contribution in [0.15, 0.2) is 18.3 Å². The zero-order chi connectivity index (χ0) is 14.5. The van der Waals surface area contributed by atoms with Gasteiger partial charge in [-0.3, -0.25) is 4.79 Å². The normalized spacial score (nSPS) is 16.6. The molecule has 0 unspecified atom stereocenters. The SMILES string of the molecule is CCN(CC)C1CCN(C(=O)c2ncccc2N)CC1. The van der Waals surface area contributed by atoms with Gasteiger partial charge in [-0.25, -0.2) is 4.98 Å². The van der Waals surface area contributed by atoms with Gasteiger partial charge in [-0.1, -0.05) is 13.8 Å². The van der Waals surface area contributed by atoms with Gasteiger partial charge in [0.25, 0.3) is 5.91 Å². The molecule has 1 aromatic heterocycles. The Kier molecular flexibility index (Phi) is 4.95. The third-order valence-corrected chi connectivity index (χ3v) is 4.12. The summed E-state index contributed by atoms with van der Waals surface area (Å²) in [5.41, 5.74) is 6.67. The van der Waals surface area contributed by atoms with Gasteiger partial charge in [0, 0.05) is 25.3 Å². The van der Waals surface area contributed by atoms with Crippen LogP contribution in [0.4, 0.5) is 5.69 Å². The highest BCUT2D eigenvalue weighted by molar-refractivity contribution is 5.97. The van der Waals surface area contributed by atoms with Crippen molar-refractivity contribution < 1.29 is 4.79 Å². The molecule has 1 fully saturated rings. The summed E-state index contributed by atoms with van der Waals surface area (Å²) >= 11 is 0. The van der Waals surface area contributed by atoms with Gasteiger partial charge in [0.05, 0.1) is 5.69 Å². The maximum atomic E-state index is 12.4. The summed E-state index contributed by atoms with van der Waals surface area (Å²) in [7, 11) is 0. The second-order valence-electron chi connectivity index (χ2n) is 5.19. The molecule has 0 radical (unpaired) electrons. The fourth-order valence-electron chi connectivity index (χ4n) is 2.92. The largest absolute Gasteiger partial charge is 0.397 e. The van der Waals surface area contributed by atoms with Crippen LogP contribution < -0.4 is 5.73 Å². The maximum Gasteiger partial charge on any atom is 0.274 e. The number of hydrogen-bond donors (Lipinski definition) is 1. The Morgan fingerprint density at radius 2 is 2.05 bits per heavy atom. The number of carbonyl (C=O) groups excluding carboxylic acids is 1. The Morgan fingerprint density at radius 1 is 1.40 bits per heavy atom. The van der Waals surface area contributed by atoms with Crippen LogP contribution in [0.3, 0.4) is 0 Å². The number of nitrogens with two attached hydrogens (primary N) is 1. The predicted octanol–water partition coefficient (Wildman–Crippen LogP) is 1.61. The van der Waals surface area contributed by atoms with E-state index in [2.05, 4.69) is 23.7 Å². The first-order chi connectivity index (χ1) is 9.67. The summed E-state index contributed by atoms with van der Waals surface area (Å²) in [6.07, 6.45) is 3.67. The maximum absolute atomic E-state index is 12.4. The van der Waals surface area contributed by atoms with Crippen molar-refractivity contribution in [3.05, 3.63) is 24.0 Å². The molecule has 0 aliphatic carbocycles. The molecule has 110 valence electrons. The zero-order valence-corrected chi connectivity index (χ0v) is 12.4. The molecule has 5 nitrogen and oxygen atoms in total. The van der Waals surface area contributed by atoms with E-state index in [1.54, 1.807) is 18.3 Å². The van der Waals surface area contributed by atoms with Crippen LogP contribution in [0.2, 0.25) is 0 Å². The van der Waals surface area contributed by atoms with Crippen LogP contribution in [0, 0.1) is 0 Å². The number of aromatic nitrogens is 1. The molecule has 2 rings (SSSR count). The molecule has 0 aromatic carbocycles. The Hall–Kier alpha value is -1.62. The standard InChI is InChI=1S/C15H24N4O/c1-3-18(4-2)12-7-10-19(11-8-12)15(20)14-13(16)6-5-9-17-14/h5-6,9,12H,3-4,7-8,10-11,16H2,1-2H3. The summed E-state index contributed by atoms with van der Waals surface area (Å²) in [4.78, 5) is 20.9. The van der Waals surface area contributed by atoms with Crippen LogP contribution in [0.1, 0.15) is 37.2 Å². The minimum absolute atomic E-state index is 0.0407. The van der Waals surface area contributed by atoms with E-state index < -0.39 is 0 Å². The van der Waals surface area contributed by atoms with Crippen molar-refractivity contribution >= 4 is 11.6 Å². The topological polar surface area (TPSA) is 62.5 Å². The van der Waals surface area contributed by atoms with E-state index in [1.807, 2.05) is 4.90 Å². The molecule has 20 heavy (non-hydrogen) atoms. The summed E-state index contributed by atoms with van der Waals surface area (Å²) in [6.45, 7) is 8.10. The second kappa shape index (κ2) is 6.70. The molecule has 1 aliphatic heterocycles. The third-order valence-electron chi connectivity index (χ3n) is 4.12. The van der Waals surface area contributed by atoms with Gasteiger partial charge in [0.15, 0.2) is 5.69 Å². The number of rotatable bonds is 4. The molecule has 1 saturated heterocycles. The monoisotopic (exact) mass is 276 g/mol. The van der Waals surface area contributed by atoms with Crippen LogP contribution in [0.5, 0.6) is 0 Å². The van der Waals surface area contributed by atoms with Crippen molar-refractivity contribution in [2.75, 3.05) is 31.9 Å². The third kappa shape index (κ3) is 3.10. The molecule has 1 aliphatic rings. The van der Waals surface area contributed by atoms with Gasteiger partial charge in [0.1, 0.15) is 0 Å². The Morgan fingerprint density at radius 3 is 2.60 bits per heavy atom. The van der Waals surface area contributed by atoms with Crippen molar-refractivity contribution in [2.45, 2.75) is 32.7 Å². The number of pyridine rings is 1. The van der Waals surface area contributed by atoms with Gasteiger partial charge < -0.3 is 15.5 Å². The van der Waals surface area contributed by atoms with Crippen molar-refractivity contribution in [2.24, 2.45) is 0 Å². The summed E-state index contributed by atoms with van der Waals surface area (Å²) < 4.78 is 0. The number of carbonyl (C=O) groups is 1. The van der Waals surface area contributed by atoms with Gasteiger partial charge in [0.2, 0.25) is 0 Å². The van der Waals surface area contributed by atoms with Gasteiger partial charge in [-0.15, -0.1) is 0 Å². The lowest BCUT2D eigenvalue weighted by Gasteiger charge is -2.37. The molecular formula is C15H24N4O. The van der Waals surface area contributed by atoms with Crippen molar-refractivity contribution in [3.63, 3.8) is 0 Å². The van der Waals surface area contributed by atoms with Crippen molar-refractivity contribution in [1.29, 1.82) is 0 Å². The van der Waals surface area contributed by atoms with E-state index in [4.69, 9.17) is 5.73 Å². The Labute approximate surface area is 120 Å². The highest BCUT2D eigenvalue weighted by Gasteiger charge is 2.27. The smallest absolute Gasteiger partial charge is 0.274 e. The van der Waals surface area contributed by atoms with E-state index in [-0.39, 0.29) is 5.91 Å². The van der Waals surface area contributed by atoms with Crippen LogP contribution >= 0.6 is 0 Å². The predicted molar refractivity (Wildman–Crippen MR) is 80.5 cm³/mol. The first kappa shape index (κ1) is 14.8. The molecule has 1 aromatic rings. The van der Waals surface area contributed by atoms with Crippen LogP contribution in [0.25, 0.3) is 0 Å². The number of anilines is 1. The van der Waals surface area contributed by atoms with Gasteiger partial charge in [-0.2, -0.15) is 0 Å². The molecule has 2 N–H and O–H groups in total.